The maximum Gasteiger partial charge on any atom is 0.159 e. The molecule has 1 saturated heterocycles. The highest BCUT2D eigenvalue weighted by Gasteiger charge is 2.17. The first-order valence-corrected chi connectivity index (χ1v) is 10.0. The van der Waals surface area contributed by atoms with Crippen molar-refractivity contribution in [3.8, 4) is 17.1 Å². The van der Waals surface area contributed by atoms with Crippen LogP contribution in [-0.4, -0.2) is 57.6 Å². The number of hydrogen-bond donors (Lipinski definition) is 1. The van der Waals surface area contributed by atoms with Crippen LogP contribution in [0.1, 0.15) is 11.1 Å². The number of phenolic OH excluding ortho intramolecular Hbond substituents is 1. The Labute approximate surface area is 172 Å². The molecule has 0 unspecified atom stereocenters. The Hall–Kier alpha value is -3.02. The molecule has 1 aliphatic heterocycles. The van der Waals surface area contributed by atoms with Gasteiger partial charge >= 0.3 is 0 Å². The molecule has 0 bridgehead atoms. The lowest BCUT2D eigenvalue weighted by Crippen LogP contribution is -2.45. The summed E-state index contributed by atoms with van der Waals surface area (Å²) < 4.78 is 0. The minimum atomic E-state index is 0.331. The van der Waals surface area contributed by atoms with Crippen LogP contribution in [0.4, 0.5) is 0 Å². The van der Waals surface area contributed by atoms with Crippen molar-refractivity contribution in [2.45, 2.75) is 6.54 Å². The summed E-state index contributed by atoms with van der Waals surface area (Å²) in [6, 6.07) is 17.8. The Kier molecular flexibility index (Phi) is 6.29. The molecule has 1 fully saturated rings. The number of phenols is 1. The monoisotopic (exact) mass is 386 g/mol. The number of aromatic nitrogens is 2. The van der Waals surface area contributed by atoms with Crippen LogP contribution in [0.25, 0.3) is 17.5 Å². The minimum Gasteiger partial charge on any atom is -0.508 e. The Morgan fingerprint density at radius 2 is 1.59 bits per heavy atom. The van der Waals surface area contributed by atoms with E-state index in [9.17, 15) is 5.11 Å². The average Bonchev–Trinajstić information content (AvgIpc) is 2.78. The summed E-state index contributed by atoms with van der Waals surface area (Å²) in [6.07, 6.45) is 7.89. The molecular formula is C24H26N4O. The van der Waals surface area contributed by atoms with Gasteiger partial charge in [0.15, 0.2) is 5.82 Å². The van der Waals surface area contributed by atoms with Crippen LogP contribution in [0.5, 0.6) is 5.75 Å². The van der Waals surface area contributed by atoms with Crippen molar-refractivity contribution in [2.75, 3.05) is 32.7 Å². The first-order chi connectivity index (χ1) is 14.3. The minimum absolute atomic E-state index is 0.331. The van der Waals surface area contributed by atoms with E-state index in [4.69, 9.17) is 0 Å². The van der Waals surface area contributed by atoms with Gasteiger partial charge in [-0.1, -0.05) is 42.5 Å². The number of aromatic hydroxyl groups is 1. The third-order valence-electron chi connectivity index (χ3n) is 5.24. The normalized spacial score (nSPS) is 15.7. The van der Waals surface area contributed by atoms with E-state index in [0.717, 1.165) is 50.4 Å². The molecule has 0 aliphatic carbocycles. The van der Waals surface area contributed by atoms with E-state index >= 15 is 0 Å². The molecule has 4 rings (SSSR count). The van der Waals surface area contributed by atoms with Gasteiger partial charge in [0, 0.05) is 62.8 Å². The first kappa shape index (κ1) is 19.3. The van der Waals surface area contributed by atoms with Gasteiger partial charge in [-0.3, -0.25) is 9.80 Å². The molecule has 29 heavy (non-hydrogen) atoms. The van der Waals surface area contributed by atoms with E-state index in [1.807, 2.05) is 18.2 Å². The summed E-state index contributed by atoms with van der Waals surface area (Å²) in [4.78, 5) is 13.5. The molecule has 2 aromatic carbocycles. The van der Waals surface area contributed by atoms with Crippen molar-refractivity contribution in [1.29, 1.82) is 0 Å². The molecule has 1 N–H and O–H groups in total. The van der Waals surface area contributed by atoms with Gasteiger partial charge in [-0.15, -0.1) is 0 Å². The number of piperazine rings is 1. The third kappa shape index (κ3) is 5.28. The van der Waals surface area contributed by atoms with E-state index in [1.54, 1.807) is 24.5 Å². The molecule has 2 heterocycles. The summed E-state index contributed by atoms with van der Waals surface area (Å²) in [5.74, 6) is 1.02. The Balaban J connectivity index is 1.31. The van der Waals surface area contributed by atoms with Crippen molar-refractivity contribution in [1.82, 2.24) is 19.8 Å². The molecule has 1 aromatic heterocycles. The topological polar surface area (TPSA) is 52.5 Å². The van der Waals surface area contributed by atoms with Gasteiger partial charge in [-0.25, -0.2) is 9.97 Å². The molecular weight excluding hydrogens is 360 g/mol. The molecule has 3 aromatic rings. The zero-order chi connectivity index (χ0) is 19.9. The Bertz CT molecular complexity index is 936. The predicted molar refractivity (Wildman–Crippen MR) is 116 cm³/mol. The lowest BCUT2D eigenvalue weighted by Gasteiger charge is -2.34. The van der Waals surface area contributed by atoms with E-state index in [0.29, 0.717) is 11.6 Å². The summed E-state index contributed by atoms with van der Waals surface area (Å²) in [5, 5.41) is 10.3. The van der Waals surface area contributed by atoms with Crippen molar-refractivity contribution in [3.05, 3.63) is 84.2 Å². The molecule has 1 aliphatic rings. The molecule has 148 valence electrons. The van der Waals surface area contributed by atoms with Gasteiger partial charge in [0.1, 0.15) is 5.75 Å². The highest BCUT2D eigenvalue weighted by molar-refractivity contribution is 5.58. The number of nitrogens with zero attached hydrogens (tertiary/aromatic N) is 4. The standard InChI is InChI=1S/C24H26N4O/c29-23-10-9-21(24-25-11-5-12-26-24)18-22(23)19-28-16-14-27(15-17-28)13-4-8-20-6-2-1-3-7-20/h1-12,18,29H,13-17,19H2. The van der Waals surface area contributed by atoms with Gasteiger partial charge in [-0.2, -0.15) is 0 Å². The second-order valence-corrected chi connectivity index (χ2v) is 7.31. The van der Waals surface area contributed by atoms with Crippen LogP contribution >= 0.6 is 0 Å². The quantitative estimate of drug-likeness (QED) is 0.700. The molecule has 5 heteroatoms. The molecule has 0 atom stereocenters. The average molecular weight is 386 g/mol. The molecule has 5 nitrogen and oxygen atoms in total. The molecule has 0 saturated carbocycles. The maximum atomic E-state index is 10.3. The van der Waals surface area contributed by atoms with Gasteiger partial charge in [-0.05, 0) is 29.8 Å². The highest BCUT2D eigenvalue weighted by Crippen LogP contribution is 2.25. The fraction of sp³-hybridized carbons (Fsp3) is 0.250. The van der Waals surface area contributed by atoms with Crippen LogP contribution in [-0.2, 0) is 6.54 Å². The number of rotatable bonds is 6. The van der Waals surface area contributed by atoms with Crippen molar-refractivity contribution < 1.29 is 5.11 Å². The van der Waals surface area contributed by atoms with E-state index in [2.05, 4.69) is 56.2 Å². The van der Waals surface area contributed by atoms with E-state index < -0.39 is 0 Å². The van der Waals surface area contributed by atoms with Crippen LogP contribution in [0.3, 0.4) is 0 Å². The predicted octanol–water partition coefficient (Wildman–Crippen LogP) is 3.68. The van der Waals surface area contributed by atoms with E-state index in [1.165, 1.54) is 5.56 Å². The van der Waals surface area contributed by atoms with Gasteiger partial charge < -0.3 is 5.11 Å². The SMILES string of the molecule is Oc1ccc(-c2ncccn2)cc1CN1CCN(CC=Cc2ccccc2)CC1. The summed E-state index contributed by atoms with van der Waals surface area (Å²) in [7, 11) is 0. The zero-order valence-electron chi connectivity index (χ0n) is 16.5. The van der Waals surface area contributed by atoms with Crippen molar-refractivity contribution in [3.63, 3.8) is 0 Å². The Morgan fingerprint density at radius 3 is 2.34 bits per heavy atom. The third-order valence-corrected chi connectivity index (χ3v) is 5.24. The Morgan fingerprint density at radius 1 is 0.862 bits per heavy atom. The van der Waals surface area contributed by atoms with Crippen LogP contribution in [0.2, 0.25) is 0 Å². The van der Waals surface area contributed by atoms with E-state index in [-0.39, 0.29) is 0 Å². The van der Waals surface area contributed by atoms with Gasteiger partial charge in [0.25, 0.3) is 0 Å². The lowest BCUT2D eigenvalue weighted by atomic mass is 10.1. The summed E-state index contributed by atoms with van der Waals surface area (Å²) >= 11 is 0. The van der Waals surface area contributed by atoms with Gasteiger partial charge in [0.05, 0.1) is 0 Å². The van der Waals surface area contributed by atoms with Crippen LogP contribution < -0.4 is 0 Å². The lowest BCUT2D eigenvalue weighted by molar-refractivity contribution is 0.136. The van der Waals surface area contributed by atoms with Gasteiger partial charge in [0.2, 0.25) is 0 Å². The zero-order valence-corrected chi connectivity index (χ0v) is 16.5. The molecule has 0 spiro atoms. The summed E-state index contributed by atoms with van der Waals surface area (Å²) in [5.41, 5.74) is 3.10. The summed E-state index contributed by atoms with van der Waals surface area (Å²) in [6.45, 7) is 5.74. The fourth-order valence-electron chi connectivity index (χ4n) is 3.57. The molecule has 0 radical (unpaired) electrons. The van der Waals surface area contributed by atoms with Crippen LogP contribution in [0, 0.1) is 0 Å². The van der Waals surface area contributed by atoms with Crippen molar-refractivity contribution >= 4 is 6.08 Å². The highest BCUT2D eigenvalue weighted by atomic mass is 16.3. The first-order valence-electron chi connectivity index (χ1n) is 10.0. The fourth-order valence-corrected chi connectivity index (χ4v) is 3.57. The largest absolute Gasteiger partial charge is 0.508 e. The number of hydrogen-bond acceptors (Lipinski definition) is 5. The smallest absolute Gasteiger partial charge is 0.159 e. The molecule has 0 amide bonds. The van der Waals surface area contributed by atoms with Crippen molar-refractivity contribution in [2.24, 2.45) is 0 Å². The second kappa shape index (κ2) is 9.45. The van der Waals surface area contributed by atoms with Crippen LogP contribution in [0.15, 0.2) is 73.1 Å². The second-order valence-electron chi connectivity index (χ2n) is 7.31. The maximum absolute atomic E-state index is 10.3. The number of benzene rings is 2.